The third kappa shape index (κ3) is 5.11. The Hall–Kier alpha value is -2.41. The van der Waals surface area contributed by atoms with E-state index in [2.05, 4.69) is 118 Å². The van der Waals surface area contributed by atoms with Gasteiger partial charge in [0.2, 0.25) is 0 Å². The van der Waals surface area contributed by atoms with Crippen LogP contribution in [0.5, 0.6) is 0 Å². The number of hydrogen-bond acceptors (Lipinski definition) is 2. The van der Waals surface area contributed by atoms with Crippen LogP contribution >= 0.6 is 0 Å². The summed E-state index contributed by atoms with van der Waals surface area (Å²) in [5.41, 5.74) is 17.6. The van der Waals surface area contributed by atoms with Gasteiger partial charge in [0.05, 0.1) is 17.0 Å². The van der Waals surface area contributed by atoms with Crippen molar-refractivity contribution in [2.45, 2.75) is 116 Å². The number of rotatable bonds is 6. The maximum absolute atomic E-state index is 4.74. The zero-order valence-corrected chi connectivity index (χ0v) is 27.8. The van der Waals surface area contributed by atoms with Crippen LogP contribution < -0.4 is 0 Å². The molecule has 0 saturated carbocycles. The third-order valence-electron chi connectivity index (χ3n) is 9.17. The van der Waals surface area contributed by atoms with Gasteiger partial charge in [-0.2, -0.15) is 0 Å². The van der Waals surface area contributed by atoms with E-state index in [1.165, 1.54) is 0 Å². The number of fused-ring (bicyclic) bond motifs is 3. The molecule has 2 heterocycles. The highest BCUT2D eigenvalue weighted by molar-refractivity contribution is 6.91. The van der Waals surface area contributed by atoms with Gasteiger partial charge in [0.25, 0.3) is 0 Å². The van der Waals surface area contributed by atoms with E-state index < -0.39 is 16.1 Å². The van der Waals surface area contributed by atoms with Gasteiger partial charge in [0.1, 0.15) is 16.1 Å². The van der Waals surface area contributed by atoms with Crippen LogP contribution in [0.2, 0.25) is 33.2 Å². The monoisotopic (exact) mass is 540 g/mol. The molecule has 0 spiro atoms. The van der Waals surface area contributed by atoms with Gasteiger partial charge in [0.15, 0.2) is 0 Å². The Morgan fingerprint density at radius 3 is 1.16 bits per heavy atom. The Labute approximate surface area is 235 Å². The summed E-state index contributed by atoms with van der Waals surface area (Å²) in [6.45, 7) is 28.5. The molecule has 0 radical (unpaired) electrons. The highest BCUT2D eigenvalue weighted by Gasteiger charge is 2.43. The van der Waals surface area contributed by atoms with Gasteiger partial charge in [-0.1, -0.05) is 107 Å². The second-order valence-electron chi connectivity index (χ2n) is 12.8. The molecule has 1 aliphatic carbocycles. The third-order valence-corrected chi connectivity index (χ3v) is 21.7. The van der Waals surface area contributed by atoms with Crippen LogP contribution in [0.25, 0.3) is 17.0 Å². The summed E-state index contributed by atoms with van der Waals surface area (Å²) in [5.74, 6) is 7.60. The predicted molar refractivity (Wildman–Crippen MR) is 171 cm³/mol. The molecule has 1 aliphatic rings. The highest BCUT2D eigenvalue weighted by atomic mass is 28.3. The van der Waals surface area contributed by atoms with E-state index in [4.69, 9.17) is 9.97 Å². The summed E-state index contributed by atoms with van der Waals surface area (Å²) in [7, 11) is -3.90. The van der Waals surface area contributed by atoms with Crippen LogP contribution in [-0.2, 0) is 0 Å². The molecular weight excluding hydrogens is 493 g/mol. The quantitative estimate of drug-likeness (QED) is 0.230. The second kappa shape index (κ2) is 11.8. The van der Waals surface area contributed by atoms with E-state index in [1.54, 1.807) is 0 Å². The Kier molecular flexibility index (Phi) is 9.34. The van der Waals surface area contributed by atoms with Gasteiger partial charge < -0.3 is 0 Å². The van der Waals surface area contributed by atoms with Gasteiger partial charge >= 0.3 is 0 Å². The molecule has 0 N–H and O–H groups in total. The summed E-state index contributed by atoms with van der Waals surface area (Å²) in [4.78, 5) is 9.49. The minimum Gasteiger partial charge on any atom is -0.254 e. The van der Waals surface area contributed by atoms with Crippen molar-refractivity contribution in [2.75, 3.05) is 0 Å². The molecule has 0 aromatic carbocycles. The topological polar surface area (TPSA) is 25.8 Å². The SMILES string of the molecule is CC(C)[Si](C#CC(C#C[Si](C(C)C)(C(C)C)C(C)C)=C1c2cccnc2-c2ncccc21)(C(C)C)C(C)C. The molecule has 2 aromatic rings. The fourth-order valence-corrected chi connectivity index (χ4v) is 17.8. The molecule has 38 heavy (non-hydrogen) atoms. The summed E-state index contributed by atoms with van der Waals surface area (Å²) in [6, 6.07) is 8.37. The van der Waals surface area contributed by atoms with E-state index in [-0.39, 0.29) is 0 Å². The molecule has 0 amide bonds. The molecule has 0 fully saturated rings. The number of aromatic nitrogens is 2. The van der Waals surface area contributed by atoms with Crippen molar-refractivity contribution in [1.82, 2.24) is 9.97 Å². The first kappa shape index (κ1) is 30.1. The van der Waals surface area contributed by atoms with Gasteiger partial charge in [0, 0.05) is 29.1 Å². The Morgan fingerprint density at radius 2 is 0.868 bits per heavy atom. The maximum Gasteiger partial charge on any atom is 0.146 e. The Balaban J connectivity index is 2.46. The van der Waals surface area contributed by atoms with Crippen LogP contribution in [-0.4, -0.2) is 26.1 Å². The molecule has 202 valence electrons. The summed E-state index contributed by atoms with van der Waals surface area (Å²) in [5, 5.41) is 0. The number of pyridine rings is 2. The van der Waals surface area contributed by atoms with Crippen molar-refractivity contribution >= 4 is 21.7 Å². The van der Waals surface area contributed by atoms with Crippen molar-refractivity contribution < 1.29 is 0 Å². The molecule has 0 unspecified atom stereocenters. The molecule has 2 aromatic heterocycles. The average Bonchev–Trinajstić information content (AvgIpc) is 3.16. The minimum atomic E-state index is -1.95. The Bertz CT molecular complexity index is 1160. The molecule has 2 nitrogen and oxygen atoms in total. The summed E-state index contributed by atoms with van der Waals surface area (Å²) < 4.78 is 0. The van der Waals surface area contributed by atoms with Gasteiger partial charge in [-0.05, 0) is 45.4 Å². The van der Waals surface area contributed by atoms with E-state index in [9.17, 15) is 0 Å². The fraction of sp³-hybridized carbons (Fsp3) is 0.529. The molecular formula is C34H48N2Si2. The smallest absolute Gasteiger partial charge is 0.146 e. The van der Waals surface area contributed by atoms with Crippen molar-refractivity contribution in [1.29, 1.82) is 0 Å². The van der Waals surface area contributed by atoms with Crippen LogP contribution in [0.1, 0.15) is 94.2 Å². The average molecular weight is 541 g/mol. The molecule has 4 heteroatoms. The van der Waals surface area contributed by atoms with Crippen LogP contribution in [0.3, 0.4) is 0 Å². The van der Waals surface area contributed by atoms with Gasteiger partial charge in [-0.25, -0.2) is 0 Å². The van der Waals surface area contributed by atoms with E-state index >= 15 is 0 Å². The largest absolute Gasteiger partial charge is 0.254 e. The van der Waals surface area contributed by atoms with Crippen LogP contribution in [0.15, 0.2) is 42.2 Å². The van der Waals surface area contributed by atoms with Gasteiger partial charge in [-0.3, -0.25) is 9.97 Å². The first-order valence-electron chi connectivity index (χ1n) is 14.5. The normalized spacial score (nSPS) is 13.2. The van der Waals surface area contributed by atoms with Crippen molar-refractivity contribution in [3.05, 3.63) is 53.4 Å². The highest BCUT2D eigenvalue weighted by Crippen LogP contribution is 2.45. The standard InChI is InChI=1S/C34H48N2Si2/c1-23(2)37(24(3)4,25(5)6)21-17-29(18-22-38(26(7)8,27(9)10)28(11)12)32-30-15-13-19-35-33(30)34-31(32)16-14-20-36-34/h13-16,19-20,23-28H,1-12H3. The zero-order valence-electron chi connectivity index (χ0n) is 25.8. The lowest BCUT2D eigenvalue weighted by molar-refractivity contribution is 0.838. The Morgan fingerprint density at radius 1 is 0.553 bits per heavy atom. The van der Waals surface area contributed by atoms with E-state index in [0.717, 1.165) is 33.7 Å². The molecule has 0 saturated heterocycles. The fourth-order valence-electron chi connectivity index (χ4n) is 7.37. The summed E-state index contributed by atoms with van der Waals surface area (Å²) >= 11 is 0. The lowest BCUT2D eigenvalue weighted by Gasteiger charge is -2.38. The molecule has 0 atom stereocenters. The molecule has 3 rings (SSSR count). The van der Waals surface area contributed by atoms with Crippen molar-refractivity contribution in [2.24, 2.45) is 0 Å². The second-order valence-corrected chi connectivity index (χ2v) is 24.0. The van der Waals surface area contributed by atoms with E-state index in [1.807, 2.05) is 24.5 Å². The van der Waals surface area contributed by atoms with Crippen LogP contribution in [0, 0.1) is 22.9 Å². The summed E-state index contributed by atoms with van der Waals surface area (Å²) in [6.07, 6.45) is 3.72. The minimum absolute atomic E-state index is 0.566. The number of allylic oxidation sites excluding steroid dienone is 1. The van der Waals surface area contributed by atoms with Crippen molar-refractivity contribution in [3.63, 3.8) is 0 Å². The molecule has 0 aliphatic heterocycles. The van der Waals surface area contributed by atoms with Gasteiger partial charge in [-0.15, -0.1) is 11.1 Å². The molecule has 0 bridgehead atoms. The predicted octanol–water partition coefficient (Wildman–Crippen LogP) is 9.70. The zero-order chi connectivity index (χ0) is 28.4. The lowest BCUT2D eigenvalue weighted by atomic mass is 10.00. The number of nitrogens with zero attached hydrogens (tertiary/aromatic N) is 2. The number of hydrogen-bond donors (Lipinski definition) is 0. The first-order chi connectivity index (χ1) is 17.8. The maximum atomic E-state index is 4.74. The van der Waals surface area contributed by atoms with Crippen molar-refractivity contribution in [3.8, 4) is 34.3 Å². The van der Waals surface area contributed by atoms with E-state index in [0.29, 0.717) is 33.2 Å². The first-order valence-corrected chi connectivity index (χ1v) is 19.0. The lowest BCUT2D eigenvalue weighted by Crippen LogP contribution is -2.43. The van der Waals surface area contributed by atoms with Crippen LogP contribution in [0.4, 0.5) is 0 Å².